The zero-order chi connectivity index (χ0) is 17.2. The fourth-order valence-electron chi connectivity index (χ4n) is 2.68. The van der Waals surface area contributed by atoms with Crippen molar-refractivity contribution in [3.8, 4) is 5.82 Å². The number of pyridine rings is 2. The lowest BCUT2D eigenvalue weighted by Crippen LogP contribution is -2.23. The Morgan fingerprint density at radius 1 is 1.20 bits per heavy atom. The highest BCUT2D eigenvalue weighted by atomic mass is 16.1. The summed E-state index contributed by atoms with van der Waals surface area (Å²) >= 11 is 0. The molecule has 0 radical (unpaired) electrons. The molecule has 1 N–H and O–H groups in total. The van der Waals surface area contributed by atoms with Crippen LogP contribution < -0.4 is 5.32 Å². The maximum absolute atomic E-state index is 12.5. The van der Waals surface area contributed by atoms with E-state index in [9.17, 15) is 4.79 Å². The van der Waals surface area contributed by atoms with Crippen molar-refractivity contribution in [1.29, 1.82) is 0 Å². The van der Waals surface area contributed by atoms with E-state index in [0.29, 0.717) is 17.9 Å². The summed E-state index contributed by atoms with van der Waals surface area (Å²) in [4.78, 5) is 21.2. The van der Waals surface area contributed by atoms with E-state index in [4.69, 9.17) is 0 Å². The number of fused-ring (bicyclic) bond motifs is 1. The molecule has 1 amide bonds. The van der Waals surface area contributed by atoms with E-state index in [1.807, 2.05) is 60.1 Å². The summed E-state index contributed by atoms with van der Waals surface area (Å²) in [6.07, 6.45) is 7.08. The third kappa shape index (κ3) is 2.87. The molecule has 0 saturated heterocycles. The predicted octanol–water partition coefficient (Wildman–Crippen LogP) is 2.15. The number of imidazole rings is 1. The summed E-state index contributed by atoms with van der Waals surface area (Å²) in [5.74, 6) is 0.496. The Labute approximate surface area is 144 Å². The monoisotopic (exact) mass is 332 g/mol. The molecule has 7 nitrogen and oxygen atoms in total. The summed E-state index contributed by atoms with van der Waals surface area (Å²) < 4.78 is 3.58. The average Bonchev–Trinajstić information content (AvgIpc) is 3.23. The number of carbonyl (C=O) groups is 1. The molecule has 0 aromatic carbocycles. The van der Waals surface area contributed by atoms with Gasteiger partial charge in [-0.1, -0.05) is 12.1 Å². The Hall–Kier alpha value is -3.48. The van der Waals surface area contributed by atoms with E-state index in [1.165, 1.54) is 0 Å². The van der Waals surface area contributed by atoms with E-state index in [-0.39, 0.29) is 5.91 Å². The van der Waals surface area contributed by atoms with Crippen LogP contribution in [0.3, 0.4) is 0 Å². The molecule has 0 fully saturated rings. The third-order valence-corrected chi connectivity index (χ3v) is 3.96. The van der Waals surface area contributed by atoms with Gasteiger partial charge in [0, 0.05) is 18.6 Å². The van der Waals surface area contributed by atoms with Crippen molar-refractivity contribution in [3.63, 3.8) is 0 Å². The second-order valence-electron chi connectivity index (χ2n) is 5.62. The number of hydrogen-bond donors (Lipinski definition) is 1. The smallest absolute Gasteiger partial charge is 0.255 e. The normalized spacial score (nSPS) is 10.9. The largest absolute Gasteiger partial charge is 0.346 e. The number of nitrogens with one attached hydrogen (secondary N) is 1. The van der Waals surface area contributed by atoms with Gasteiger partial charge in [0.05, 0.1) is 29.7 Å². The van der Waals surface area contributed by atoms with Crippen molar-refractivity contribution < 1.29 is 4.79 Å². The highest BCUT2D eigenvalue weighted by molar-refractivity contribution is 5.95. The zero-order valence-electron chi connectivity index (χ0n) is 13.6. The van der Waals surface area contributed by atoms with Crippen LogP contribution in [-0.4, -0.2) is 30.1 Å². The Balaban J connectivity index is 1.51. The van der Waals surface area contributed by atoms with Crippen LogP contribution in [0.25, 0.3) is 11.5 Å². The van der Waals surface area contributed by atoms with Gasteiger partial charge in [-0.05, 0) is 31.2 Å². The maximum atomic E-state index is 12.5. The fraction of sp³-hybridized carbons (Fsp3) is 0.111. The number of carbonyl (C=O) groups excluding carboxylic acids is 1. The molecule has 25 heavy (non-hydrogen) atoms. The lowest BCUT2D eigenvalue weighted by atomic mass is 10.2. The van der Waals surface area contributed by atoms with Crippen molar-refractivity contribution in [2.24, 2.45) is 0 Å². The Bertz CT molecular complexity index is 1000. The topological polar surface area (TPSA) is 77.1 Å². The van der Waals surface area contributed by atoms with Crippen LogP contribution in [0, 0.1) is 6.92 Å². The van der Waals surface area contributed by atoms with Gasteiger partial charge in [0.15, 0.2) is 5.82 Å². The van der Waals surface area contributed by atoms with Crippen LogP contribution in [0.5, 0.6) is 0 Å². The molecular formula is C18H16N6O. The highest BCUT2D eigenvalue weighted by Gasteiger charge is 2.15. The predicted molar refractivity (Wildman–Crippen MR) is 92.5 cm³/mol. The minimum Gasteiger partial charge on any atom is -0.346 e. The van der Waals surface area contributed by atoms with Gasteiger partial charge in [-0.3, -0.25) is 4.79 Å². The second-order valence-corrected chi connectivity index (χ2v) is 5.62. The van der Waals surface area contributed by atoms with E-state index >= 15 is 0 Å². The minimum atomic E-state index is -0.184. The summed E-state index contributed by atoms with van der Waals surface area (Å²) in [5, 5.41) is 7.16. The van der Waals surface area contributed by atoms with Gasteiger partial charge in [-0.2, -0.15) is 5.10 Å². The Kier molecular flexibility index (Phi) is 3.74. The summed E-state index contributed by atoms with van der Waals surface area (Å²) in [5.41, 5.74) is 2.92. The first kappa shape index (κ1) is 15.1. The van der Waals surface area contributed by atoms with Gasteiger partial charge in [0.1, 0.15) is 5.65 Å². The molecule has 0 aliphatic rings. The first-order valence-corrected chi connectivity index (χ1v) is 7.89. The van der Waals surface area contributed by atoms with E-state index in [0.717, 1.165) is 17.0 Å². The van der Waals surface area contributed by atoms with Gasteiger partial charge in [-0.15, -0.1) is 0 Å². The highest BCUT2D eigenvalue weighted by Crippen LogP contribution is 2.12. The molecular weight excluding hydrogens is 316 g/mol. The van der Waals surface area contributed by atoms with Gasteiger partial charge in [0.2, 0.25) is 0 Å². The molecule has 0 unspecified atom stereocenters. The SMILES string of the molecule is Cc1c(C(=O)NCc2cn3ccccc3n2)cnn1-c1ccccn1. The number of rotatable bonds is 4. The molecule has 0 aliphatic carbocycles. The number of nitrogens with zero attached hydrogens (tertiary/aromatic N) is 5. The van der Waals surface area contributed by atoms with Crippen LogP contribution in [0.15, 0.2) is 61.2 Å². The third-order valence-electron chi connectivity index (χ3n) is 3.96. The van der Waals surface area contributed by atoms with Crippen molar-refractivity contribution in [2.45, 2.75) is 13.5 Å². The number of aromatic nitrogens is 5. The van der Waals surface area contributed by atoms with Crippen molar-refractivity contribution in [1.82, 2.24) is 29.5 Å². The first-order valence-electron chi connectivity index (χ1n) is 7.89. The maximum Gasteiger partial charge on any atom is 0.255 e. The van der Waals surface area contributed by atoms with Crippen LogP contribution >= 0.6 is 0 Å². The molecule has 0 atom stereocenters. The average molecular weight is 332 g/mol. The van der Waals surface area contributed by atoms with Gasteiger partial charge >= 0.3 is 0 Å². The molecule has 4 heterocycles. The summed E-state index contributed by atoms with van der Waals surface area (Å²) in [6, 6.07) is 11.4. The molecule has 4 aromatic rings. The van der Waals surface area contributed by atoms with Crippen LogP contribution in [0.1, 0.15) is 21.7 Å². The van der Waals surface area contributed by atoms with Crippen LogP contribution in [-0.2, 0) is 6.54 Å². The van der Waals surface area contributed by atoms with Gasteiger partial charge < -0.3 is 9.72 Å². The molecule has 0 spiro atoms. The lowest BCUT2D eigenvalue weighted by molar-refractivity contribution is 0.0950. The Morgan fingerprint density at radius 3 is 2.88 bits per heavy atom. The van der Waals surface area contributed by atoms with Crippen molar-refractivity contribution >= 4 is 11.6 Å². The van der Waals surface area contributed by atoms with Crippen molar-refractivity contribution in [3.05, 3.63) is 78.1 Å². The summed E-state index contributed by atoms with van der Waals surface area (Å²) in [6.45, 7) is 2.20. The minimum absolute atomic E-state index is 0.184. The zero-order valence-corrected chi connectivity index (χ0v) is 13.6. The number of hydrogen-bond acceptors (Lipinski definition) is 4. The van der Waals surface area contributed by atoms with E-state index < -0.39 is 0 Å². The lowest BCUT2D eigenvalue weighted by Gasteiger charge is -2.05. The second kappa shape index (κ2) is 6.20. The number of amides is 1. The van der Waals surface area contributed by atoms with Gasteiger partial charge in [0.25, 0.3) is 5.91 Å². The standard InChI is InChI=1S/C18H16N6O/c1-13-15(11-21-24(13)16-6-2-4-8-19-16)18(25)20-10-14-12-23-9-5-3-7-17(23)22-14/h2-9,11-12H,10H2,1H3,(H,20,25). The molecule has 4 rings (SSSR count). The molecule has 0 aliphatic heterocycles. The molecule has 7 heteroatoms. The van der Waals surface area contributed by atoms with Crippen molar-refractivity contribution in [2.75, 3.05) is 0 Å². The van der Waals surface area contributed by atoms with E-state index in [1.54, 1.807) is 17.1 Å². The van der Waals surface area contributed by atoms with E-state index in [2.05, 4.69) is 20.4 Å². The first-order chi connectivity index (χ1) is 12.2. The molecule has 0 saturated carbocycles. The molecule has 4 aromatic heterocycles. The fourth-order valence-corrected chi connectivity index (χ4v) is 2.68. The Morgan fingerprint density at radius 2 is 2.08 bits per heavy atom. The van der Waals surface area contributed by atoms with Gasteiger partial charge in [-0.25, -0.2) is 14.6 Å². The van der Waals surface area contributed by atoms with Crippen LogP contribution in [0.4, 0.5) is 0 Å². The molecule has 0 bridgehead atoms. The molecule has 124 valence electrons. The van der Waals surface area contributed by atoms with Crippen LogP contribution in [0.2, 0.25) is 0 Å². The quantitative estimate of drug-likeness (QED) is 0.621. The summed E-state index contributed by atoms with van der Waals surface area (Å²) in [7, 11) is 0.